The van der Waals surface area contributed by atoms with Gasteiger partial charge in [0.2, 0.25) is 11.8 Å². The summed E-state index contributed by atoms with van der Waals surface area (Å²) in [6, 6.07) is 12.2. The van der Waals surface area contributed by atoms with E-state index >= 15 is 0 Å². The summed E-state index contributed by atoms with van der Waals surface area (Å²) in [5, 5.41) is 13.3. The molecule has 0 amide bonds. The van der Waals surface area contributed by atoms with Gasteiger partial charge in [-0.25, -0.2) is 4.68 Å². The molecule has 1 aromatic carbocycles. The summed E-state index contributed by atoms with van der Waals surface area (Å²) < 4.78 is 6.95. The molecule has 0 fully saturated rings. The van der Waals surface area contributed by atoms with Gasteiger partial charge in [0.25, 0.3) is 5.56 Å². The van der Waals surface area contributed by atoms with E-state index in [1.807, 2.05) is 19.1 Å². The molecule has 4 aromatic rings. The molecule has 0 N–H and O–H groups in total. The molecule has 27 heavy (non-hydrogen) atoms. The van der Waals surface area contributed by atoms with E-state index in [0.717, 1.165) is 4.88 Å². The number of benzene rings is 1. The zero-order chi connectivity index (χ0) is 19.0. The molecule has 0 atom stereocenters. The van der Waals surface area contributed by atoms with Crippen LogP contribution in [-0.4, -0.2) is 20.0 Å². The van der Waals surface area contributed by atoms with Gasteiger partial charge in [-0.15, -0.1) is 21.5 Å². The molecule has 0 aliphatic rings. The van der Waals surface area contributed by atoms with Gasteiger partial charge < -0.3 is 4.42 Å². The average Bonchev–Trinajstić information content (AvgIpc) is 3.26. The molecule has 0 aliphatic carbocycles. The highest BCUT2D eigenvalue weighted by molar-refractivity contribution is 7.15. The van der Waals surface area contributed by atoms with Crippen molar-refractivity contribution in [2.45, 2.75) is 13.5 Å². The van der Waals surface area contributed by atoms with E-state index in [2.05, 4.69) is 15.3 Å². The van der Waals surface area contributed by atoms with Crippen molar-refractivity contribution < 1.29 is 4.42 Å². The van der Waals surface area contributed by atoms with E-state index in [1.165, 1.54) is 15.6 Å². The van der Waals surface area contributed by atoms with Gasteiger partial charge in [-0.3, -0.25) is 4.79 Å². The zero-order valence-electron chi connectivity index (χ0n) is 14.0. The molecule has 6 nitrogen and oxygen atoms in total. The number of hydrogen-bond acceptors (Lipinski definition) is 6. The Balaban J connectivity index is 1.63. The van der Waals surface area contributed by atoms with Gasteiger partial charge in [-0.05, 0) is 43.3 Å². The number of hydrogen-bond donors (Lipinski definition) is 0. The second-order valence-electron chi connectivity index (χ2n) is 5.75. The van der Waals surface area contributed by atoms with Gasteiger partial charge in [0.1, 0.15) is 12.2 Å². The summed E-state index contributed by atoms with van der Waals surface area (Å²) in [5.41, 5.74) is 1.03. The molecule has 3 aromatic heterocycles. The number of thiophene rings is 1. The molecule has 0 aliphatic heterocycles. The van der Waals surface area contributed by atoms with E-state index in [1.54, 1.807) is 35.6 Å². The monoisotopic (exact) mass is 418 g/mol. The minimum absolute atomic E-state index is 0.0647. The number of halogens is 2. The lowest BCUT2D eigenvalue weighted by Gasteiger charge is -2.03. The van der Waals surface area contributed by atoms with E-state index in [4.69, 9.17) is 27.6 Å². The Bertz CT molecular complexity index is 1180. The van der Waals surface area contributed by atoms with Crippen LogP contribution in [0.15, 0.2) is 51.7 Å². The van der Waals surface area contributed by atoms with Crippen molar-refractivity contribution in [2.24, 2.45) is 0 Å². The van der Waals surface area contributed by atoms with Crippen molar-refractivity contribution in [3.63, 3.8) is 0 Å². The van der Waals surface area contributed by atoms with Crippen LogP contribution in [0.2, 0.25) is 10.0 Å². The third kappa shape index (κ3) is 3.80. The lowest BCUT2D eigenvalue weighted by molar-refractivity contribution is 0.466. The highest BCUT2D eigenvalue weighted by Crippen LogP contribution is 2.29. The number of aromatic nitrogens is 4. The maximum Gasteiger partial charge on any atom is 0.267 e. The number of nitrogens with zero attached hydrogens (tertiary/aromatic N) is 4. The quantitative estimate of drug-likeness (QED) is 0.480. The molecule has 0 radical (unpaired) electrons. The highest BCUT2D eigenvalue weighted by Gasteiger charge is 2.14. The molecule has 0 saturated carbocycles. The van der Waals surface area contributed by atoms with Crippen LogP contribution in [0.25, 0.3) is 22.0 Å². The van der Waals surface area contributed by atoms with Gasteiger partial charge >= 0.3 is 0 Å². The van der Waals surface area contributed by atoms with Gasteiger partial charge in [0.15, 0.2) is 0 Å². The topological polar surface area (TPSA) is 73.8 Å². The van der Waals surface area contributed by atoms with Crippen LogP contribution in [0.4, 0.5) is 0 Å². The summed E-state index contributed by atoms with van der Waals surface area (Å²) in [7, 11) is 0. The van der Waals surface area contributed by atoms with Gasteiger partial charge in [-0.1, -0.05) is 23.2 Å². The SMILES string of the molecule is Cc1ccc(-c2ccc(=O)n(Cc3nnc(-c4ccc(Cl)cc4Cl)o3)n2)s1. The van der Waals surface area contributed by atoms with E-state index < -0.39 is 0 Å². The van der Waals surface area contributed by atoms with Crippen molar-refractivity contribution in [3.8, 4) is 22.0 Å². The first-order chi connectivity index (χ1) is 13.0. The Morgan fingerprint density at radius 2 is 1.96 bits per heavy atom. The molecule has 4 rings (SSSR count). The smallest absolute Gasteiger partial charge is 0.267 e. The maximum absolute atomic E-state index is 12.2. The van der Waals surface area contributed by atoms with Crippen LogP contribution in [-0.2, 0) is 6.54 Å². The van der Waals surface area contributed by atoms with Crippen molar-refractivity contribution in [3.05, 3.63) is 73.6 Å². The molecule has 136 valence electrons. The average molecular weight is 419 g/mol. The molecule has 0 spiro atoms. The standard InChI is InChI=1S/C18H12Cl2N4O2S/c1-10-2-6-15(27-10)14-5-7-17(25)24(23-14)9-16-21-22-18(26-16)12-4-3-11(19)8-13(12)20/h2-8H,9H2,1H3. The first-order valence-corrected chi connectivity index (χ1v) is 9.49. The highest BCUT2D eigenvalue weighted by atomic mass is 35.5. The fourth-order valence-electron chi connectivity index (χ4n) is 2.48. The van der Waals surface area contributed by atoms with Crippen molar-refractivity contribution in [1.82, 2.24) is 20.0 Å². The zero-order valence-corrected chi connectivity index (χ0v) is 16.3. The maximum atomic E-state index is 12.2. The minimum Gasteiger partial charge on any atom is -0.419 e. The largest absolute Gasteiger partial charge is 0.419 e. The second kappa shape index (κ2) is 7.26. The first-order valence-electron chi connectivity index (χ1n) is 7.92. The number of aryl methyl sites for hydroxylation is 1. The Kier molecular flexibility index (Phi) is 4.82. The summed E-state index contributed by atoms with van der Waals surface area (Å²) in [5.74, 6) is 0.509. The Morgan fingerprint density at radius 1 is 1.11 bits per heavy atom. The third-order valence-electron chi connectivity index (χ3n) is 3.77. The van der Waals surface area contributed by atoms with Gasteiger partial charge in [0.05, 0.1) is 15.5 Å². The molecule has 0 unspecified atom stereocenters. The Morgan fingerprint density at radius 3 is 2.70 bits per heavy atom. The van der Waals surface area contributed by atoms with Crippen LogP contribution in [0.3, 0.4) is 0 Å². The van der Waals surface area contributed by atoms with E-state index in [0.29, 0.717) is 21.3 Å². The fraction of sp³-hybridized carbons (Fsp3) is 0.111. The van der Waals surface area contributed by atoms with Crippen molar-refractivity contribution >= 4 is 34.5 Å². The molecule has 0 saturated heterocycles. The van der Waals surface area contributed by atoms with Gasteiger partial charge in [-0.2, -0.15) is 5.10 Å². The second-order valence-corrected chi connectivity index (χ2v) is 7.88. The summed E-state index contributed by atoms with van der Waals surface area (Å²) in [6.07, 6.45) is 0. The van der Waals surface area contributed by atoms with Crippen molar-refractivity contribution in [1.29, 1.82) is 0 Å². The van der Waals surface area contributed by atoms with Crippen LogP contribution >= 0.6 is 34.5 Å². The normalized spacial score (nSPS) is 11.1. The molecule has 3 heterocycles. The summed E-state index contributed by atoms with van der Waals surface area (Å²) >= 11 is 13.7. The lowest BCUT2D eigenvalue weighted by atomic mass is 10.2. The summed E-state index contributed by atoms with van der Waals surface area (Å²) in [4.78, 5) is 14.3. The molecular weight excluding hydrogens is 407 g/mol. The van der Waals surface area contributed by atoms with E-state index in [9.17, 15) is 4.79 Å². The number of rotatable bonds is 4. The molecule has 9 heteroatoms. The predicted octanol–water partition coefficient (Wildman–Crippen LogP) is 4.69. The van der Waals surface area contributed by atoms with Crippen LogP contribution < -0.4 is 5.56 Å². The third-order valence-corrected chi connectivity index (χ3v) is 5.34. The first kappa shape index (κ1) is 17.9. The Labute approximate surface area is 168 Å². The lowest BCUT2D eigenvalue weighted by Crippen LogP contribution is -2.22. The fourth-order valence-corrected chi connectivity index (χ4v) is 3.80. The van der Waals surface area contributed by atoms with Crippen molar-refractivity contribution in [2.75, 3.05) is 0 Å². The predicted molar refractivity (Wildman–Crippen MR) is 105 cm³/mol. The van der Waals surface area contributed by atoms with Crippen LogP contribution in [0.5, 0.6) is 0 Å². The van der Waals surface area contributed by atoms with Gasteiger partial charge in [0, 0.05) is 16.0 Å². The van der Waals surface area contributed by atoms with Crippen LogP contribution in [0.1, 0.15) is 10.8 Å². The Hall–Kier alpha value is -2.48. The molecule has 0 bridgehead atoms. The summed E-state index contributed by atoms with van der Waals surface area (Å²) in [6.45, 7) is 2.08. The van der Waals surface area contributed by atoms with Crippen LogP contribution in [0, 0.1) is 6.92 Å². The van der Waals surface area contributed by atoms with E-state index in [-0.39, 0.29) is 23.9 Å². The molecular formula is C18H12Cl2N4O2S. The minimum atomic E-state index is -0.253.